The number of nitriles is 1. The van der Waals surface area contributed by atoms with Crippen LogP contribution >= 0.6 is 11.6 Å². The molecule has 1 heterocycles. The van der Waals surface area contributed by atoms with Gasteiger partial charge in [0.05, 0.1) is 17.1 Å². The fourth-order valence-electron chi connectivity index (χ4n) is 4.64. The number of nitrogens with zero attached hydrogens (tertiary/aromatic N) is 2. The number of sulfone groups is 1. The number of hydrogen-bond donors (Lipinski definition) is 0. The van der Waals surface area contributed by atoms with E-state index in [0.29, 0.717) is 31.0 Å². The minimum Gasteiger partial charge on any atom is -0.302 e. The molecule has 4 rings (SSSR count). The van der Waals surface area contributed by atoms with Crippen molar-refractivity contribution in [3.8, 4) is 6.07 Å². The summed E-state index contributed by atoms with van der Waals surface area (Å²) in [5, 5.41) is 10.6. The van der Waals surface area contributed by atoms with Crippen LogP contribution < -0.4 is 0 Å². The molecule has 6 heteroatoms. The van der Waals surface area contributed by atoms with Gasteiger partial charge in [-0.05, 0) is 48.2 Å². The Labute approximate surface area is 201 Å². The van der Waals surface area contributed by atoms with Crippen molar-refractivity contribution in [2.24, 2.45) is 0 Å². The first-order chi connectivity index (χ1) is 15.9. The van der Waals surface area contributed by atoms with Crippen molar-refractivity contribution >= 4 is 21.4 Å². The third-order valence-corrected chi connectivity index (χ3v) is 8.93. The molecular weight excluding hydrogens is 452 g/mol. The van der Waals surface area contributed by atoms with Crippen molar-refractivity contribution in [2.75, 3.05) is 19.6 Å². The van der Waals surface area contributed by atoms with Crippen LogP contribution in [-0.4, -0.2) is 38.2 Å². The van der Waals surface area contributed by atoms with Crippen LogP contribution in [0.15, 0.2) is 84.9 Å². The Kier molecular flexibility index (Phi) is 7.19. The highest BCUT2D eigenvalue weighted by molar-refractivity contribution is 7.91. The van der Waals surface area contributed by atoms with Gasteiger partial charge in [-0.2, -0.15) is 5.26 Å². The summed E-state index contributed by atoms with van der Waals surface area (Å²) in [4.78, 5) is 2.18. The smallest absolute Gasteiger partial charge is 0.158 e. The van der Waals surface area contributed by atoms with Crippen LogP contribution in [0.25, 0.3) is 0 Å². The van der Waals surface area contributed by atoms with Crippen LogP contribution in [0.2, 0.25) is 5.02 Å². The zero-order valence-corrected chi connectivity index (χ0v) is 20.0. The van der Waals surface area contributed by atoms with E-state index in [2.05, 4.69) is 11.0 Å². The lowest BCUT2D eigenvalue weighted by atomic mass is 9.73. The van der Waals surface area contributed by atoms with Gasteiger partial charge >= 0.3 is 0 Å². The van der Waals surface area contributed by atoms with Gasteiger partial charge in [-0.15, -0.1) is 0 Å². The van der Waals surface area contributed by atoms with E-state index in [1.807, 2.05) is 60.7 Å². The minimum atomic E-state index is -3.27. The van der Waals surface area contributed by atoms with E-state index in [4.69, 9.17) is 11.6 Å². The Hall–Kier alpha value is -2.65. The third-order valence-electron chi connectivity index (χ3n) is 6.55. The molecule has 0 saturated carbocycles. The molecule has 3 aromatic carbocycles. The summed E-state index contributed by atoms with van der Waals surface area (Å²) in [5.41, 5.74) is 1.91. The predicted molar refractivity (Wildman–Crippen MR) is 133 cm³/mol. The zero-order valence-electron chi connectivity index (χ0n) is 18.4. The van der Waals surface area contributed by atoms with E-state index in [9.17, 15) is 13.7 Å². The fraction of sp³-hybridized carbons (Fsp3) is 0.296. The van der Waals surface area contributed by atoms with E-state index in [1.165, 1.54) is 0 Å². The molecule has 4 nitrogen and oxygen atoms in total. The normalized spacial score (nSPS) is 17.0. The van der Waals surface area contributed by atoms with Crippen molar-refractivity contribution in [1.29, 1.82) is 5.26 Å². The Balaban J connectivity index is 1.47. The molecule has 1 fully saturated rings. The Morgan fingerprint density at radius 1 is 0.939 bits per heavy atom. The second-order valence-corrected chi connectivity index (χ2v) is 11.4. The molecular formula is C27H27ClN2O2S. The summed E-state index contributed by atoms with van der Waals surface area (Å²) >= 11 is 5.92. The van der Waals surface area contributed by atoms with Crippen LogP contribution in [0.4, 0.5) is 0 Å². The van der Waals surface area contributed by atoms with Crippen LogP contribution in [0, 0.1) is 11.3 Å². The van der Waals surface area contributed by atoms with E-state index in [1.54, 1.807) is 24.3 Å². The monoisotopic (exact) mass is 478 g/mol. The topological polar surface area (TPSA) is 61.2 Å². The average Bonchev–Trinajstić information content (AvgIpc) is 3.33. The third kappa shape index (κ3) is 5.30. The lowest BCUT2D eigenvalue weighted by Crippen LogP contribution is -2.34. The second-order valence-electron chi connectivity index (χ2n) is 8.64. The van der Waals surface area contributed by atoms with Crippen LogP contribution in [0.3, 0.4) is 0 Å². The van der Waals surface area contributed by atoms with Gasteiger partial charge in [-0.25, -0.2) is 8.42 Å². The van der Waals surface area contributed by atoms with Crippen molar-refractivity contribution in [3.63, 3.8) is 0 Å². The minimum absolute atomic E-state index is 0.0266. The highest BCUT2D eigenvalue weighted by Crippen LogP contribution is 2.36. The second kappa shape index (κ2) is 10.1. The molecule has 170 valence electrons. The van der Waals surface area contributed by atoms with E-state index in [-0.39, 0.29) is 5.75 Å². The number of benzene rings is 3. The quantitative estimate of drug-likeness (QED) is 0.444. The van der Waals surface area contributed by atoms with Crippen molar-refractivity contribution in [2.45, 2.75) is 29.3 Å². The van der Waals surface area contributed by atoms with E-state index >= 15 is 0 Å². The molecule has 1 saturated heterocycles. The van der Waals surface area contributed by atoms with Gasteiger partial charge in [0.25, 0.3) is 0 Å². The summed E-state index contributed by atoms with van der Waals surface area (Å²) in [7, 11) is -3.27. The Bertz CT molecular complexity index is 1170. The fourth-order valence-corrected chi connectivity index (χ4v) is 6.56. The van der Waals surface area contributed by atoms with Crippen LogP contribution in [0.1, 0.15) is 29.5 Å². The molecule has 1 aliphatic heterocycles. The maximum Gasteiger partial charge on any atom is 0.158 e. The summed E-state index contributed by atoms with van der Waals surface area (Å²) in [6.45, 7) is 1.88. The summed E-state index contributed by atoms with van der Waals surface area (Å²) in [5.74, 6) is 0.0266. The van der Waals surface area contributed by atoms with Gasteiger partial charge in [0.1, 0.15) is 5.41 Å². The first kappa shape index (κ1) is 23.5. The largest absolute Gasteiger partial charge is 0.302 e. The highest BCUT2D eigenvalue weighted by Gasteiger charge is 2.37. The number of halogens is 1. The van der Waals surface area contributed by atoms with Crippen LogP contribution in [-0.2, 0) is 21.0 Å². The Morgan fingerprint density at radius 3 is 2.06 bits per heavy atom. The molecule has 3 aromatic rings. The molecule has 1 unspecified atom stereocenters. The van der Waals surface area contributed by atoms with Gasteiger partial charge in [0.2, 0.25) is 0 Å². The molecule has 0 radical (unpaired) electrons. The number of hydrogen-bond acceptors (Lipinski definition) is 4. The predicted octanol–water partition coefficient (Wildman–Crippen LogP) is 5.23. The summed E-state index contributed by atoms with van der Waals surface area (Å²) in [6, 6.07) is 29.3. The standard InChI is InChI=1S/C27H27ClN2O2S/c28-25-13-11-22(12-14-25)20-33(31,32)26-15-17-30(19-26)18-16-27(21-29,23-7-3-1-4-8-23)24-9-5-2-6-10-24/h1-14,26H,15-20H2. The van der Waals surface area contributed by atoms with Crippen molar-refractivity contribution < 1.29 is 8.42 Å². The first-order valence-corrected chi connectivity index (χ1v) is 13.2. The number of likely N-dealkylation sites (tertiary alicyclic amines) is 1. The van der Waals surface area contributed by atoms with Crippen molar-refractivity contribution in [3.05, 3.63) is 107 Å². The lowest BCUT2D eigenvalue weighted by molar-refractivity contribution is 0.315. The Morgan fingerprint density at radius 2 is 1.52 bits per heavy atom. The number of rotatable bonds is 8. The maximum absolute atomic E-state index is 13.0. The molecule has 0 amide bonds. The van der Waals surface area contributed by atoms with Crippen molar-refractivity contribution in [1.82, 2.24) is 4.90 Å². The zero-order chi connectivity index (χ0) is 23.3. The van der Waals surface area contributed by atoms with Gasteiger partial charge in [-0.3, -0.25) is 0 Å². The lowest BCUT2D eigenvalue weighted by Gasteiger charge is -2.30. The molecule has 0 N–H and O–H groups in total. The molecule has 1 aliphatic rings. The van der Waals surface area contributed by atoms with Crippen LogP contribution in [0.5, 0.6) is 0 Å². The van der Waals surface area contributed by atoms with Gasteiger partial charge in [-0.1, -0.05) is 84.4 Å². The molecule has 0 bridgehead atoms. The maximum atomic E-state index is 13.0. The summed E-state index contributed by atoms with van der Waals surface area (Å²) < 4.78 is 26.0. The van der Waals surface area contributed by atoms with Gasteiger partial charge < -0.3 is 4.90 Å². The van der Waals surface area contributed by atoms with E-state index in [0.717, 1.165) is 23.2 Å². The molecule has 33 heavy (non-hydrogen) atoms. The van der Waals surface area contributed by atoms with Gasteiger partial charge in [0, 0.05) is 18.1 Å². The summed E-state index contributed by atoms with van der Waals surface area (Å²) in [6.07, 6.45) is 1.22. The SMILES string of the molecule is N#CC(CCN1CCC(S(=O)(=O)Cc2ccc(Cl)cc2)C1)(c1ccccc1)c1ccccc1. The molecule has 0 aliphatic carbocycles. The van der Waals surface area contributed by atoms with Gasteiger partial charge in [0.15, 0.2) is 9.84 Å². The first-order valence-electron chi connectivity index (χ1n) is 11.1. The molecule has 1 atom stereocenters. The average molecular weight is 479 g/mol. The molecule has 0 aromatic heterocycles. The van der Waals surface area contributed by atoms with E-state index < -0.39 is 20.5 Å². The highest BCUT2D eigenvalue weighted by atomic mass is 35.5. The molecule has 0 spiro atoms.